The quantitative estimate of drug-likeness (QED) is 0.801. The van der Waals surface area contributed by atoms with Crippen LogP contribution >= 0.6 is 0 Å². The Morgan fingerprint density at radius 2 is 2.19 bits per heavy atom. The molecule has 0 aliphatic carbocycles. The van der Waals surface area contributed by atoms with E-state index in [1.807, 2.05) is 0 Å². The minimum absolute atomic E-state index is 0.0501. The van der Waals surface area contributed by atoms with E-state index in [0.29, 0.717) is 11.7 Å². The van der Waals surface area contributed by atoms with Crippen LogP contribution in [0, 0.1) is 12.7 Å². The Labute approximate surface area is 118 Å². The van der Waals surface area contributed by atoms with Gasteiger partial charge in [0.05, 0.1) is 24.0 Å². The molecule has 0 aliphatic rings. The van der Waals surface area contributed by atoms with Crippen LogP contribution in [-0.2, 0) is 6.54 Å². The molecule has 21 heavy (non-hydrogen) atoms. The number of anilines is 1. The lowest BCUT2D eigenvalue weighted by Crippen LogP contribution is -2.28. The van der Waals surface area contributed by atoms with E-state index in [1.54, 1.807) is 6.92 Å². The van der Waals surface area contributed by atoms with Crippen molar-refractivity contribution in [3.8, 4) is 0 Å². The maximum absolute atomic E-state index is 13.6. The third-order valence-corrected chi connectivity index (χ3v) is 2.53. The van der Waals surface area contributed by atoms with Crippen LogP contribution in [0.5, 0.6) is 0 Å². The average Bonchev–Trinajstić information content (AvgIpc) is 2.84. The van der Waals surface area contributed by atoms with Gasteiger partial charge in [-0.3, -0.25) is 0 Å². The summed E-state index contributed by atoms with van der Waals surface area (Å²) in [5.74, 6) is -1.15. The first-order chi connectivity index (χ1) is 9.95. The van der Waals surface area contributed by atoms with Gasteiger partial charge in [-0.25, -0.2) is 19.0 Å². The molecule has 0 radical (unpaired) electrons. The highest BCUT2D eigenvalue weighted by Gasteiger charge is 2.11. The number of aromatic carboxylic acids is 1. The van der Waals surface area contributed by atoms with E-state index in [0.717, 1.165) is 6.07 Å². The number of halogens is 1. The molecule has 0 atom stereocenters. The Kier molecular flexibility index (Phi) is 4.17. The van der Waals surface area contributed by atoms with Gasteiger partial charge in [-0.2, -0.15) is 0 Å². The topological polar surface area (TPSA) is 104 Å². The van der Waals surface area contributed by atoms with E-state index >= 15 is 0 Å². The van der Waals surface area contributed by atoms with Gasteiger partial charge >= 0.3 is 12.0 Å². The smallest absolute Gasteiger partial charge is 0.335 e. The van der Waals surface area contributed by atoms with Crippen LogP contribution in [0.3, 0.4) is 0 Å². The first-order valence-electron chi connectivity index (χ1n) is 5.94. The molecule has 8 heteroatoms. The molecule has 1 aromatic carbocycles. The summed E-state index contributed by atoms with van der Waals surface area (Å²) < 4.78 is 18.8. The summed E-state index contributed by atoms with van der Waals surface area (Å²) in [6.07, 6.45) is 1.51. The summed E-state index contributed by atoms with van der Waals surface area (Å²) in [4.78, 5) is 26.1. The first-order valence-corrected chi connectivity index (χ1v) is 5.94. The summed E-state index contributed by atoms with van der Waals surface area (Å²) in [5.41, 5.74) is -0.324. The van der Waals surface area contributed by atoms with Gasteiger partial charge in [0.2, 0.25) is 5.89 Å². The average molecular weight is 293 g/mol. The Morgan fingerprint density at radius 3 is 2.76 bits per heavy atom. The van der Waals surface area contributed by atoms with Crippen molar-refractivity contribution in [2.75, 3.05) is 5.32 Å². The number of aromatic nitrogens is 1. The van der Waals surface area contributed by atoms with E-state index in [2.05, 4.69) is 15.6 Å². The number of carboxylic acid groups (broad SMARTS) is 1. The number of benzene rings is 1. The zero-order valence-electron chi connectivity index (χ0n) is 11.0. The molecule has 0 bridgehead atoms. The number of nitrogens with zero attached hydrogens (tertiary/aromatic N) is 1. The van der Waals surface area contributed by atoms with Crippen LogP contribution < -0.4 is 10.6 Å². The number of amides is 2. The van der Waals surface area contributed by atoms with Crippen LogP contribution in [-0.4, -0.2) is 22.1 Å². The van der Waals surface area contributed by atoms with Crippen molar-refractivity contribution in [2.45, 2.75) is 13.5 Å². The van der Waals surface area contributed by atoms with Crippen molar-refractivity contribution >= 4 is 17.7 Å². The fourth-order valence-electron chi connectivity index (χ4n) is 1.56. The molecule has 1 heterocycles. The fourth-order valence-corrected chi connectivity index (χ4v) is 1.56. The zero-order chi connectivity index (χ0) is 15.4. The zero-order valence-corrected chi connectivity index (χ0v) is 11.0. The number of carbonyl (C=O) groups excluding carboxylic acids is 1. The highest BCUT2D eigenvalue weighted by Crippen LogP contribution is 2.15. The SMILES string of the molecule is Cc1cnc(CNC(=O)Nc2ccc(C(=O)O)cc2F)o1. The lowest BCUT2D eigenvalue weighted by atomic mass is 10.2. The van der Waals surface area contributed by atoms with Gasteiger partial charge in [-0.05, 0) is 25.1 Å². The first kappa shape index (κ1) is 14.5. The molecule has 3 N–H and O–H groups in total. The number of hydrogen-bond donors (Lipinski definition) is 3. The molecule has 0 fully saturated rings. The number of rotatable bonds is 4. The summed E-state index contributed by atoms with van der Waals surface area (Å²) in [6.45, 7) is 1.77. The number of urea groups is 1. The number of oxazole rings is 1. The molecule has 0 saturated heterocycles. The molecule has 0 saturated carbocycles. The molecule has 0 aliphatic heterocycles. The molecule has 2 amide bonds. The van der Waals surface area contributed by atoms with Gasteiger partial charge in [-0.15, -0.1) is 0 Å². The Morgan fingerprint density at radius 1 is 1.43 bits per heavy atom. The second-order valence-electron chi connectivity index (χ2n) is 4.17. The van der Waals surface area contributed by atoms with Gasteiger partial charge in [0, 0.05) is 0 Å². The predicted molar refractivity (Wildman–Crippen MR) is 70.5 cm³/mol. The summed E-state index contributed by atoms with van der Waals surface area (Å²) in [6, 6.07) is 2.54. The Hall–Kier alpha value is -2.90. The minimum Gasteiger partial charge on any atom is -0.478 e. The van der Waals surface area contributed by atoms with E-state index in [-0.39, 0.29) is 17.8 Å². The van der Waals surface area contributed by atoms with Crippen LogP contribution in [0.25, 0.3) is 0 Å². The number of aryl methyl sites for hydroxylation is 1. The minimum atomic E-state index is -1.25. The molecule has 110 valence electrons. The van der Waals surface area contributed by atoms with Gasteiger partial charge in [0.15, 0.2) is 0 Å². The number of carboxylic acids is 1. The summed E-state index contributed by atoms with van der Waals surface area (Å²) in [5, 5.41) is 13.4. The number of hydrogen-bond acceptors (Lipinski definition) is 4. The Balaban J connectivity index is 1.94. The molecule has 2 aromatic rings. The second kappa shape index (κ2) is 6.04. The molecular formula is C13H12FN3O4. The monoisotopic (exact) mass is 293 g/mol. The van der Waals surface area contributed by atoms with Crippen molar-refractivity contribution in [1.82, 2.24) is 10.3 Å². The maximum atomic E-state index is 13.6. The largest absolute Gasteiger partial charge is 0.478 e. The molecule has 2 rings (SSSR count). The molecular weight excluding hydrogens is 281 g/mol. The van der Waals surface area contributed by atoms with Crippen LogP contribution in [0.4, 0.5) is 14.9 Å². The van der Waals surface area contributed by atoms with Gasteiger partial charge in [0.1, 0.15) is 11.6 Å². The summed E-state index contributed by atoms with van der Waals surface area (Å²) >= 11 is 0. The second-order valence-corrected chi connectivity index (χ2v) is 4.17. The van der Waals surface area contributed by atoms with E-state index in [9.17, 15) is 14.0 Å². The van der Waals surface area contributed by atoms with Crippen molar-refractivity contribution in [3.63, 3.8) is 0 Å². The third-order valence-electron chi connectivity index (χ3n) is 2.53. The summed E-state index contributed by atoms with van der Waals surface area (Å²) in [7, 11) is 0. The van der Waals surface area contributed by atoms with Crippen LogP contribution in [0.15, 0.2) is 28.8 Å². The van der Waals surface area contributed by atoms with Gasteiger partial charge in [-0.1, -0.05) is 0 Å². The highest BCUT2D eigenvalue weighted by atomic mass is 19.1. The van der Waals surface area contributed by atoms with Gasteiger partial charge < -0.3 is 20.2 Å². The van der Waals surface area contributed by atoms with Crippen molar-refractivity contribution < 1.29 is 23.5 Å². The lowest BCUT2D eigenvalue weighted by molar-refractivity contribution is 0.0696. The highest BCUT2D eigenvalue weighted by molar-refractivity contribution is 5.91. The van der Waals surface area contributed by atoms with E-state index in [1.165, 1.54) is 18.3 Å². The maximum Gasteiger partial charge on any atom is 0.335 e. The molecule has 0 spiro atoms. The normalized spacial score (nSPS) is 10.2. The molecule has 0 unspecified atom stereocenters. The standard InChI is InChI=1S/C13H12FN3O4/c1-7-5-15-11(21-7)6-16-13(20)17-10-3-2-8(12(18)19)4-9(10)14/h2-5H,6H2,1H3,(H,18,19)(H2,16,17,20). The van der Waals surface area contributed by atoms with E-state index in [4.69, 9.17) is 9.52 Å². The predicted octanol–water partition coefficient (Wildman–Crippen LogP) is 2.14. The lowest BCUT2D eigenvalue weighted by Gasteiger charge is -2.07. The Bertz CT molecular complexity index is 684. The van der Waals surface area contributed by atoms with Crippen LogP contribution in [0.2, 0.25) is 0 Å². The fraction of sp³-hybridized carbons (Fsp3) is 0.154. The van der Waals surface area contributed by atoms with E-state index < -0.39 is 17.8 Å². The number of nitrogens with one attached hydrogen (secondary N) is 2. The third kappa shape index (κ3) is 3.78. The van der Waals surface area contributed by atoms with Crippen molar-refractivity contribution in [1.29, 1.82) is 0 Å². The molecule has 7 nitrogen and oxygen atoms in total. The van der Waals surface area contributed by atoms with Crippen molar-refractivity contribution in [3.05, 3.63) is 47.4 Å². The number of carbonyl (C=O) groups is 2. The van der Waals surface area contributed by atoms with Gasteiger partial charge in [0.25, 0.3) is 0 Å². The van der Waals surface area contributed by atoms with Crippen molar-refractivity contribution in [2.24, 2.45) is 0 Å². The van der Waals surface area contributed by atoms with Crippen LogP contribution in [0.1, 0.15) is 22.0 Å². The molecule has 1 aromatic heterocycles.